The number of aliphatic imine (C=N–C) groups is 1. The van der Waals surface area contributed by atoms with Gasteiger partial charge in [-0.2, -0.15) is 0 Å². The van der Waals surface area contributed by atoms with Gasteiger partial charge in [-0.25, -0.2) is 0 Å². The zero-order valence-corrected chi connectivity index (χ0v) is 13.0. The molecule has 0 aromatic heterocycles. The molecule has 0 radical (unpaired) electrons. The summed E-state index contributed by atoms with van der Waals surface area (Å²) in [5.41, 5.74) is 0. The molecule has 1 aliphatic carbocycles. The van der Waals surface area contributed by atoms with Crippen molar-refractivity contribution in [1.82, 2.24) is 16.0 Å². The molecule has 6 heteroatoms. The van der Waals surface area contributed by atoms with Crippen molar-refractivity contribution in [2.75, 3.05) is 26.7 Å². The van der Waals surface area contributed by atoms with Crippen molar-refractivity contribution in [3.63, 3.8) is 0 Å². The fourth-order valence-electron chi connectivity index (χ4n) is 2.93. The van der Waals surface area contributed by atoms with Gasteiger partial charge in [-0.15, -0.1) is 0 Å². The number of carbonyl (C=O) groups is 1. The van der Waals surface area contributed by atoms with Gasteiger partial charge < -0.3 is 20.7 Å². The van der Waals surface area contributed by atoms with Crippen molar-refractivity contribution < 1.29 is 9.53 Å². The number of nitrogens with zero attached hydrogens (tertiary/aromatic N) is 1. The zero-order valence-electron chi connectivity index (χ0n) is 13.0. The highest BCUT2D eigenvalue weighted by atomic mass is 16.5. The molecule has 1 unspecified atom stereocenters. The van der Waals surface area contributed by atoms with E-state index in [4.69, 9.17) is 4.74 Å². The summed E-state index contributed by atoms with van der Waals surface area (Å²) in [6.45, 7) is 1.85. The molecule has 1 saturated carbocycles. The molecule has 1 heterocycles. The summed E-state index contributed by atoms with van der Waals surface area (Å²) in [7, 11) is 1.71. The average molecular weight is 296 g/mol. The molecule has 1 saturated heterocycles. The average Bonchev–Trinajstić information content (AvgIpc) is 3.02. The summed E-state index contributed by atoms with van der Waals surface area (Å²) in [5, 5.41) is 9.34. The lowest BCUT2D eigenvalue weighted by Gasteiger charge is -2.23. The first-order valence-electron chi connectivity index (χ1n) is 8.13. The van der Waals surface area contributed by atoms with E-state index in [1.165, 1.54) is 19.3 Å². The Bertz CT molecular complexity index is 348. The van der Waals surface area contributed by atoms with Gasteiger partial charge in [0.15, 0.2) is 5.96 Å². The molecule has 6 nitrogen and oxygen atoms in total. The van der Waals surface area contributed by atoms with Crippen LogP contribution in [0.1, 0.15) is 44.9 Å². The minimum atomic E-state index is 0.0435. The maximum Gasteiger partial charge on any atom is 0.239 e. The van der Waals surface area contributed by atoms with E-state index >= 15 is 0 Å². The highest BCUT2D eigenvalue weighted by Crippen LogP contribution is 2.17. The van der Waals surface area contributed by atoms with Crippen LogP contribution in [0.25, 0.3) is 0 Å². The van der Waals surface area contributed by atoms with Gasteiger partial charge in [-0.1, -0.05) is 19.3 Å². The summed E-state index contributed by atoms with van der Waals surface area (Å²) in [5.74, 6) is 0.700. The molecular formula is C15H28N4O2. The van der Waals surface area contributed by atoms with Crippen LogP contribution in [0.2, 0.25) is 0 Å². The second-order valence-electron chi connectivity index (χ2n) is 5.84. The molecule has 1 atom stereocenters. The van der Waals surface area contributed by atoms with Gasteiger partial charge in [0.2, 0.25) is 5.91 Å². The maximum absolute atomic E-state index is 11.9. The molecule has 3 N–H and O–H groups in total. The normalized spacial score (nSPS) is 23.9. The largest absolute Gasteiger partial charge is 0.376 e. The number of amides is 1. The van der Waals surface area contributed by atoms with Gasteiger partial charge in [0.05, 0.1) is 12.6 Å². The minimum absolute atomic E-state index is 0.0435. The van der Waals surface area contributed by atoms with Crippen LogP contribution in [0.5, 0.6) is 0 Å². The van der Waals surface area contributed by atoms with Crippen LogP contribution in [0.3, 0.4) is 0 Å². The lowest BCUT2D eigenvalue weighted by atomic mass is 9.95. The fourth-order valence-corrected chi connectivity index (χ4v) is 2.93. The first-order valence-corrected chi connectivity index (χ1v) is 8.13. The summed E-state index contributed by atoms with van der Waals surface area (Å²) < 4.78 is 5.55. The lowest BCUT2D eigenvalue weighted by molar-refractivity contribution is -0.120. The molecule has 1 amide bonds. The van der Waals surface area contributed by atoms with Crippen molar-refractivity contribution in [2.24, 2.45) is 4.99 Å². The zero-order chi connectivity index (χ0) is 14.9. The molecule has 1 aliphatic heterocycles. The van der Waals surface area contributed by atoms with E-state index in [1.54, 1.807) is 7.05 Å². The topological polar surface area (TPSA) is 74.8 Å². The quantitative estimate of drug-likeness (QED) is 0.518. The smallest absolute Gasteiger partial charge is 0.239 e. The second kappa shape index (κ2) is 8.87. The fraction of sp³-hybridized carbons (Fsp3) is 0.867. The third-order valence-electron chi connectivity index (χ3n) is 4.13. The van der Waals surface area contributed by atoms with Crippen molar-refractivity contribution >= 4 is 11.9 Å². The van der Waals surface area contributed by atoms with Crippen molar-refractivity contribution in [2.45, 2.75) is 57.1 Å². The van der Waals surface area contributed by atoms with E-state index in [-0.39, 0.29) is 18.6 Å². The van der Waals surface area contributed by atoms with Crippen LogP contribution in [-0.2, 0) is 9.53 Å². The third kappa shape index (κ3) is 5.91. The van der Waals surface area contributed by atoms with Crippen LogP contribution < -0.4 is 16.0 Å². The van der Waals surface area contributed by atoms with Gasteiger partial charge in [-0.05, 0) is 25.7 Å². The molecule has 0 aromatic carbocycles. The second-order valence-corrected chi connectivity index (χ2v) is 5.84. The Morgan fingerprint density at radius 3 is 2.62 bits per heavy atom. The summed E-state index contributed by atoms with van der Waals surface area (Å²) in [6, 6.07) is 0.356. The van der Waals surface area contributed by atoms with Crippen LogP contribution in [0, 0.1) is 0 Å². The summed E-state index contributed by atoms with van der Waals surface area (Å²) in [6.07, 6.45) is 8.44. The van der Waals surface area contributed by atoms with E-state index in [1.807, 2.05) is 0 Å². The molecule has 0 aromatic rings. The summed E-state index contributed by atoms with van der Waals surface area (Å²) in [4.78, 5) is 16.0. The number of ether oxygens (including phenoxy) is 1. The molecular weight excluding hydrogens is 268 g/mol. The lowest BCUT2D eigenvalue weighted by Crippen LogP contribution is -2.47. The standard InChI is InChI=1S/C15H28N4O2/c1-16-15(17-10-13-8-5-9-21-13)18-11-14(20)19-12-6-3-2-4-7-12/h12-13H,2-11H2,1H3,(H,19,20)(H2,16,17,18). The number of guanidine groups is 1. The van der Waals surface area contributed by atoms with Crippen LogP contribution in [-0.4, -0.2) is 50.8 Å². The Hall–Kier alpha value is -1.30. The highest BCUT2D eigenvalue weighted by Gasteiger charge is 2.17. The molecule has 2 rings (SSSR count). The van der Waals surface area contributed by atoms with E-state index < -0.39 is 0 Å². The molecule has 21 heavy (non-hydrogen) atoms. The Morgan fingerprint density at radius 1 is 1.14 bits per heavy atom. The first-order chi connectivity index (χ1) is 10.3. The Balaban J connectivity index is 1.61. The summed E-state index contributed by atoms with van der Waals surface area (Å²) >= 11 is 0. The van der Waals surface area contributed by atoms with E-state index in [0.717, 1.165) is 38.8 Å². The highest BCUT2D eigenvalue weighted by molar-refractivity contribution is 5.86. The molecule has 0 spiro atoms. The van der Waals surface area contributed by atoms with Gasteiger partial charge in [0, 0.05) is 26.2 Å². The number of nitrogens with one attached hydrogen (secondary N) is 3. The number of rotatable bonds is 5. The van der Waals surface area contributed by atoms with Crippen LogP contribution in [0.15, 0.2) is 4.99 Å². The number of hydrogen-bond donors (Lipinski definition) is 3. The molecule has 2 aliphatic rings. The maximum atomic E-state index is 11.9. The van der Waals surface area contributed by atoms with Gasteiger partial charge >= 0.3 is 0 Å². The Morgan fingerprint density at radius 2 is 1.95 bits per heavy atom. The van der Waals surface area contributed by atoms with Gasteiger partial charge in [0.25, 0.3) is 0 Å². The Kier molecular flexibility index (Phi) is 6.79. The van der Waals surface area contributed by atoms with E-state index in [2.05, 4.69) is 20.9 Å². The van der Waals surface area contributed by atoms with Crippen LogP contribution in [0.4, 0.5) is 0 Å². The van der Waals surface area contributed by atoms with Crippen molar-refractivity contribution in [3.8, 4) is 0 Å². The minimum Gasteiger partial charge on any atom is -0.376 e. The van der Waals surface area contributed by atoms with Gasteiger partial charge in [-0.3, -0.25) is 9.79 Å². The predicted molar refractivity (Wildman–Crippen MR) is 83.4 cm³/mol. The predicted octanol–water partition coefficient (Wildman–Crippen LogP) is 0.779. The molecule has 2 fully saturated rings. The first kappa shape index (κ1) is 16.1. The third-order valence-corrected chi connectivity index (χ3v) is 4.13. The number of hydrogen-bond acceptors (Lipinski definition) is 3. The van der Waals surface area contributed by atoms with E-state index in [0.29, 0.717) is 12.0 Å². The van der Waals surface area contributed by atoms with Crippen LogP contribution >= 0.6 is 0 Å². The van der Waals surface area contributed by atoms with Crippen molar-refractivity contribution in [3.05, 3.63) is 0 Å². The number of carbonyl (C=O) groups excluding carboxylic acids is 1. The molecule has 0 bridgehead atoms. The van der Waals surface area contributed by atoms with Crippen molar-refractivity contribution in [1.29, 1.82) is 0 Å². The Labute approximate surface area is 127 Å². The van der Waals surface area contributed by atoms with Gasteiger partial charge in [0.1, 0.15) is 0 Å². The van der Waals surface area contributed by atoms with E-state index in [9.17, 15) is 4.79 Å². The monoisotopic (exact) mass is 296 g/mol. The molecule has 120 valence electrons. The SMILES string of the molecule is CN=C(NCC(=O)NC1CCCCC1)NCC1CCCO1.